The van der Waals surface area contributed by atoms with Gasteiger partial charge in [-0.2, -0.15) is 0 Å². The second-order valence-electron chi connectivity index (χ2n) is 9.00. The summed E-state index contributed by atoms with van der Waals surface area (Å²) in [5.41, 5.74) is 0.0671. The second-order valence-corrected chi connectivity index (χ2v) is 9.85. The smallest absolute Gasteiger partial charge is 0.340 e. The number of carbonyl (C=O) groups is 2. The van der Waals surface area contributed by atoms with Crippen LogP contribution in [0.25, 0.3) is 0 Å². The molecule has 27 heavy (non-hydrogen) atoms. The molecule has 152 valence electrons. The zero-order valence-electron chi connectivity index (χ0n) is 17.8. The fourth-order valence-corrected chi connectivity index (χ4v) is 3.56. The van der Waals surface area contributed by atoms with Gasteiger partial charge in [0.1, 0.15) is 12.2 Å². The Balaban J connectivity index is 3.20. The van der Waals surface area contributed by atoms with Crippen LogP contribution in [0.5, 0.6) is 0 Å². The van der Waals surface area contributed by atoms with Crippen LogP contribution in [0.15, 0.2) is 22.7 Å². The molecule has 0 radical (unpaired) electrons. The molecule has 1 rings (SSSR count). The summed E-state index contributed by atoms with van der Waals surface area (Å²) in [5, 5.41) is 0. The van der Waals surface area contributed by atoms with Crippen LogP contribution in [0.4, 0.5) is 0 Å². The van der Waals surface area contributed by atoms with E-state index in [1.54, 1.807) is 18.2 Å². The molecule has 0 heterocycles. The molecular weight excluding hydrogens is 408 g/mol. The van der Waals surface area contributed by atoms with Crippen LogP contribution in [-0.4, -0.2) is 24.1 Å². The fourth-order valence-electron chi connectivity index (χ4n) is 3.03. The fraction of sp³-hybridized carbons (Fsp3) is 0.636. The van der Waals surface area contributed by atoms with Crippen LogP contribution in [-0.2, 0) is 9.47 Å². The molecule has 4 nitrogen and oxygen atoms in total. The lowest BCUT2D eigenvalue weighted by Gasteiger charge is -2.30. The summed E-state index contributed by atoms with van der Waals surface area (Å²) in [6.45, 7) is 16.1. The van der Waals surface area contributed by atoms with Crippen molar-refractivity contribution in [3.8, 4) is 0 Å². The lowest BCUT2D eigenvalue weighted by atomic mass is 9.87. The zero-order valence-corrected chi connectivity index (χ0v) is 19.4. The lowest BCUT2D eigenvalue weighted by Crippen LogP contribution is -2.33. The first kappa shape index (κ1) is 23.7. The number of hydrogen-bond acceptors (Lipinski definition) is 4. The monoisotopic (exact) mass is 440 g/mol. The first-order chi connectivity index (χ1) is 12.3. The minimum absolute atomic E-state index is 0.184. The van der Waals surface area contributed by atoms with Crippen LogP contribution in [0.2, 0.25) is 0 Å². The Bertz CT molecular complexity index is 668. The minimum Gasteiger partial charge on any atom is -0.458 e. The maximum absolute atomic E-state index is 12.9. The molecule has 0 aliphatic heterocycles. The third-order valence-corrected chi connectivity index (χ3v) is 5.27. The molecule has 2 atom stereocenters. The van der Waals surface area contributed by atoms with Gasteiger partial charge in [-0.3, -0.25) is 0 Å². The van der Waals surface area contributed by atoms with E-state index in [1.807, 2.05) is 55.4 Å². The first-order valence-corrected chi connectivity index (χ1v) is 10.3. The average Bonchev–Trinajstić information content (AvgIpc) is 2.54. The molecule has 2 unspecified atom stereocenters. The quantitative estimate of drug-likeness (QED) is 0.479. The van der Waals surface area contributed by atoms with Gasteiger partial charge in [0.2, 0.25) is 0 Å². The van der Waals surface area contributed by atoms with Gasteiger partial charge < -0.3 is 9.47 Å². The van der Waals surface area contributed by atoms with Gasteiger partial charge in [-0.15, -0.1) is 0 Å². The predicted molar refractivity (Wildman–Crippen MR) is 112 cm³/mol. The van der Waals surface area contributed by atoms with Crippen molar-refractivity contribution < 1.29 is 19.1 Å². The van der Waals surface area contributed by atoms with E-state index < -0.39 is 11.9 Å². The van der Waals surface area contributed by atoms with Gasteiger partial charge >= 0.3 is 11.9 Å². The summed E-state index contributed by atoms with van der Waals surface area (Å²) in [5.74, 6) is -1.02. The molecule has 1 aromatic carbocycles. The molecular formula is C22H33BrO4. The van der Waals surface area contributed by atoms with Gasteiger partial charge in [-0.05, 0) is 51.7 Å². The van der Waals surface area contributed by atoms with Crippen LogP contribution in [0, 0.1) is 10.8 Å². The highest BCUT2D eigenvalue weighted by atomic mass is 79.9. The van der Waals surface area contributed by atoms with Crippen LogP contribution < -0.4 is 0 Å². The van der Waals surface area contributed by atoms with Gasteiger partial charge in [0.05, 0.1) is 11.1 Å². The summed E-state index contributed by atoms with van der Waals surface area (Å²) in [7, 11) is 0. The van der Waals surface area contributed by atoms with Gasteiger partial charge in [0, 0.05) is 4.47 Å². The topological polar surface area (TPSA) is 52.6 Å². The average molecular weight is 441 g/mol. The van der Waals surface area contributed by atoms with E-state index in [9.17, 15) is 9.59 Å². The Labute approximate surface area is 172 Å². The summed E-state index contributed by atoms with van der Waals surface area (Å²) in [4.78, 5) is 25.7. The van der Waals surface area contributed by atoms with Gasteiger partial charge in [0.25, 0.3) is 0 Å². The van der Waals surface area contributed by atoms with E-state index in [2.05, 4.69) is 15.9 Å². The van der Waals surface area contributed by atoms with Gasteiger partial charge in [-0.1, -0.05) is 61.5 Å². The maximum atomic E-state index is 12.9. The number of carbonyl (C=O) groups excluding carboxylic acids is 2. The van der Waals surface area contributed by atoms with E-state index in [-0.39, 0.29) is 34.2 Å². The molecule has 1 aromatic rings. The van der Waals surface area contributed by atoms with Crippen molar-refractivity contribution in [1.29, 1.82) is 0 Å². The van der Waals surface area contributed by atoms with Crippen molar-refractivity contribution in [2.45, 2.75) is 80.4 Å². The van der Waals surface area contributed by atoms with Crippen LogP contribution in [0.1, 0.15) is 88.9 Å². The Morgan fingerprint density at radius 3 is 1.74 bits per heavy atom. The number of ether oxygens (including phenoxy) is 2. The molecule has 0 spiro atoms. The predicted octanol–water partition coefficient (Wildman–Crippen LogP) is 6.41. The molecule has 0 saturated heterocycles. The molecule has 0 aliphatic carbocycles. The van der Waals surface area contributed by atoms with Crippen LogP contribution >= 0.6 is 15.9 Å². The Hall–Kier alpha value is -1.36. The summed E-state index contributed by atoms with van der Waals surface area (Å²) < 4.78 is 12.0. The van der Waals surface area contributed by atoms with E-state index in [0.29, 0.717) is 17.3 Å². The zero-order chi connectivity index (χ0) is 21.0. The normalized spacial score (nSPS) is 14.4. The van der Waals surface area contributed by atoms with Crippen molar-refractivity contribution in [2.75, 3.05) is 0 Å². The lowest BCUT2D eigenvalue weighted by molar-refractivity contribution is -0.00800. The van der Waals surface area contributed by atoms with Gasteiger partial charge in [-0.25, -0.2) is 9.59 Å². The number of hydrogen-bond donors (Lipinski definition) is 0. The van der Waals surface area contributed by atoms with E-state index >= 15 is 0 Å². The Morgan fingerprint density at radius 2 is 1.33 bits per heavy atom. The number of esters is 2. The van der Waals surface area contributed by atoms with Crippen molar-refractivity contribution in [3.63, 3.8) is 0 Å². The number of benzene rings is 1. The van der Waals surface area contributed by atoms with E-state index in [0.717, 1.165) is 0 Å². The van der Waals surface area contributed by atoms with Crippen molar-refractivity contribution in [2.24, 2.45) is 10.8 Å². The summed E-state index contributed by atoms with van der Waals surface area (Å²) in [6.07, 6.45) is 0.900. The number of halogens is 1. The van der Waals surface area contributed by atoms with Crippen molar-refractivity contribution in [3.05, 3.63) is 33.8 Å². The SMILES string of the molecule is CCC(OC(=O)c1cccc(Br)c1C(=O)OC(CC)C(C)(C)C)C(C)(C)C. The third kappa shape index (κ3) is 6.34. The summed E-state index contributed by atoms with van der Waals surface area (Å²) in [6, 6.07) is 5.06. The molecule has 0 amide bonds. The highest BCUT2D eigenvalue weighted by Crippen LogP contribution is 2.30. The Morgan fingerprint density at radius 1 is 0.889 bits per heavy atom. The molecule has 0 aliphatic rings. The van der Waals surface area contributed by atoms with E-state index in [1.165, 1.54) is 0 Å². The van der Waals surface area contributed by atoms with Gasteiger partial charge in [0.15, 0.2) is 0 Å². The Kier molecular flexibility index (Phi) is 8.09. The highest BCUT2D eigenvalue weighted by Gasteiger charge is 2.32. The first-order valence-electron chi connectivity index (χ1n) is 9.53. The minimum atomic E-state index is -0.514. The highest BCUT2D eigenvalue weighted by molar-refractivity contribution is 9.10. The van der Waals surface area contributed by atoms with Crippen molar-refractivity contribution >= 4 is 27.9 Å². The second kappa shape index (κ2) is 9.22. The van der Waals surface area contributed by atoms with Crippen LogP contribution in [0.3, 0.4) is 0 Å². The molecule has 0 fully saturated rings. The molecule has 5 heteroatoms. The maximum Gasteiger partial charge on any atom is 0.340 e. The standard InChI is InChI=1S/C22H33BrO4/c1-9-16(21(3,4)5)26-19(24)14-12-11-13-15(23)18(14)20(25)27-17(10-2)22(6,7)8/h11-13,16-17H,9-10H2,1-8H3. The molecule has 0 saturated carbocycles. The molecule has 0 bridgehead atoms. The molecule has 0 N–H and O–H groups in total. The largest absolute Gasteiger partial charge is 0.458 e. The van der Waals surface area contributed by atoms with E-state index in [4.69, 9.17) is 9.47 Å². The number of rotatable bonds is 6. The van der Waals surface area contributed by atoms with Crippen molar-refractivity contribution in [1.82, 2.24) is 0 Å². The molecule has 0 aromatic heterocycles. The third-order valence-electron chi connectivity index (χ3n) is 4.61. The summed E-state index contributed by atoms with van der Waals surface area (Å²) >= 11 is 3.39.